The largest absolute Gasteiger partial charge is 0.310 e. The van der Waals surface area contributed by atoms with Gasteiger partial charge in [-0.15, -0.1) is 0 Å². The molecular formula is C15H15F2N3O. The monoisotopic (exact) mass is 291 g/mol. The molecule has 0 spiro atoms. The Bertz CT molecular complexity index is 690. The second kappa shape index (κ2) is 5.73. The van der Waals surface area contributed by atoms with Gasteiger partial charge in [0.25, 0.3) is 5.56 Å². The van der Waals surface area contributed by atoms with Gasteiger partial charge in [-0.2, -0.15) is 0 Å². The molecule has 1 saturated carbocycles. The summed E-state index contributed by atoms with van der Waals surface area (Å²) in [4.78, 5) is 18.5. The molecule has 21 heavy (non-hydrogen) atoms. The number of nitrogens with zero attached hydrogens (tertiary/aromatic N) is 1. The van der Waals surface area contributed by atoms with Crippen molar-refractivity contribution in [2.45, 2.75) is 31.8 Å². The molecule has 6 heteroatoms. The van der Waals surface area contributed by atoms with Gasteiger partial charge in [0.2, 0.25) is 0 Å². The van der Waals surface area contributed by atoms with Crippen LogP contribution in [0.4, 0.5) is 8.78 Å². The lowest BCUT2D eigenvalue weighted by Crippen LogP contribution is -2.20. The first kappa shape index (κ1) is 13.9. The third kappa shape index (κ3) is 3.95. The van der Waals surface area contributed by atoms with E-state index in [-0.39, 0.29) is 12.0 Å². The molecule has 0 aliphatic heterocycles. The fraction of sp³-hybridized carbons (Fsp3) is 0.333. The molecule has 1 aromatic heterocycles. The third-order valence-electron chi connectivity index (χ3n) is 3.29. The van der Waals surface area contributed by atoms with Crippen LogP contribution in [-0.2, 0) is 13.0 Å². The van der Waals surface area contributed by atoms with Crippen molar-refractivity contribution in [3.8, 4) is 0 Å². The molecule has 0 radical (unpaired) electrons. The lowest BCUT2D eigenvalue weighted by Gasteiger charge is -2.06. The van der Waals surface area contributed by atoms with E-state index in [1.807, 2.05) is 0 Å². The van der Waals surface area contributed by atoms with Gasteiger partial charge < -0.3 is 10.3 Å². The van der Waals surface area contributed by atoms with Crippen LogP contribution in [0.25, 0.3) is 0 Å². The van der Waals surface area contributed by atoms with Gasteiger partial charge >= 0.3 is 0 Å². The van der Waals surface area contributed by atoms with E-state index >= 15 is 0 Å². The molecule has 4 nitrogen and oxygen atoms in total. The molecule has 1 heterocycles. The van der Waals surface area contributed by atoms with Crippen molar-refractivity contribution in [2.75, 3.05) is 0 Å². The Kier molecular flexibility index (Phi) is 3.79. The molecule has 0 atom stereocenters. The van der Waals surface area contributed by atoms with Gasteiger partial charge in [-0.3, -0.25) is 4.79 Å². The quantitative estimate of drug-likeness (QED) is 0.884. The zero-order valence-electron chi connectivity index (χ0n) is 11.3. The fourth-order valence-electron chi connectivity index (χ4n) is 2.18. The number of hydrogen-bond donors (Lipinski definition) is 2. The van der Waals surface area contributed by atoms with Crippen LogP contribution in [0.2, 0.25) is 0 Å². The molecule has 0 saturated heterocycles. The van der Waals surface area contributed by atoms with Crippen molar-refractivity contribution in [2.24, 2.45) is 0 Å². The minimum atomic E-state index is -0.640. The Morgan fingerprint density at radius 2 is 1.90 bits per heavy atom. The first-order valence-corrected chi connectivity index (χ1v) is 6.86. The lowest BCUT2D eigenvalue weighted by atomic mass is 10.1. The number of hydrogen-bond acceptors (Lipinski definition) is 3. The van der Waals surface area contributed by atoms with E-state index in [0.29, 0.717) is 29.7 Å². The Morgan fingerprint density at radius 1 is 1.19 bits per heavy atom. The van der Waals surface area contributed by atoms with Crippen molar-refractivity contribution in [3.63, 3.8) is 0 Å². The lowest BCUT2D eigenvalue weighted by molar-refractivity contribution is 0.580. The van der Waals surface area contributed by atoms with Crippen LogP contribution in [-0.4, -0.2) is 16.0 Å². The minimum Gasteiger partial charge on any atom is -0.310 e. The average Bonchev–Trinajstić information content (AvgIpc) is 3.18. The highest BCUT2D eigenvalue weighted by Gasteiger charge is 2.20. The summed E-state index contributed by atoms with van der Waals surface area (Å²) in [6.45, 7) is 0.527. The Labute approximate surface area is 120 Å². The highest BCUT2D eigenvalue weighted by molar-refractivity contribution is 5.21. The maximum Gasteiger partial charge on any atom is 0.251 e. The summed E-state index contributed by atoms with van der Waals surface area (Å²) in [5.41, 5.74) is 0.810. The fourth-order valence-corrected chi connectivity index (χ4v) is 2.18. The van der Waals surface area contributed by atoms with Crippen LogP contribution in [0.5, 0.6) is 0 Å². The molecular weight excluding hydrogens is 276 g/mol. The van der Waals surface area contributed by atoms with Gasteiger partial charge in [0, 0.05) is 31.1 Å². The predicted octanol–water partition coefficient (Wildman–Crippen LogP) is 1.89. The summed E-state index contributed by atoms with van der Waals surface area (Å²) >= 11 is 0. The van der Waals surface area contributed by atoms with Crippen molar-refractivity contribution < 1.29 is 8.78 Å². The average molecular weight is 291 g/mol. The summed E-state index contributed by atoms with van der Waals surface area (Å²) in [7, 11) is 0. The normalized spacial score (nSPS) is 14.4. The molecule has 0 amide bonds. The number of benzene rings is 1. The maximum atomic E-state index is 13.2. The molecule has 0 unspecified atom stereocenters. The molecule has 110 valence electrons. The first-order chi connectivity index (χ1) is 10.1. The van der Waals surface area contributed by atoms with Gasteiger partial charge in [0.15, 0.2) is 0 Å². The molecule has 1 fully saturated rings. The van der Waals surface area contributed by atoms with Gasteiger partial charge in [0.1, 0.15) is 17.5 Å². The van der Waals surface area contributed by atoms with Crippen molar-refractivity contribution in [1.29, 1.82) is 0 Å². The molecule has 3 rings (SSSR count). The van der Waals surface area contributed by atoms with Gasteiger partial charge in [0.05, 0.1) is 5.69 Å². The highest BCUT2D eigenvalue weighted by atomic mass is 19.1. The number of rotatable bonds is 5. The standard InChI is InChI=1S/C15H15F2N3O/c16-10-3-9(4-11(17)6-10)5-14-19-13(7-15(21)20-14)8-18-12-1-2-12/h3-4,6-7,12,18H,1-2,5,8H2,(H,19,20,21). The summed E-state index contributed by atoms with van der Waals surface area (Å²) in [6.07, 6.45) is 2.48. The van der Waals surface area contributed by atoms with Crippen molar-refractivity contribution >= 4 is 0 Å². The van der Waals surface area contributed by atoms with E-state index in [1.165, 1.54) is 18.2 Å². The number of nitrogens with one attached hydrogen (secondary N) is 2. The number of halogens is 2. The summed E-state index contributed by atoms with van der Waals surface area (Å²) in [6, 6.07) is 5.24. The Morgan fingerprint density at radius 3 is 2.57 bits per heavy atom. The summed E-state index contributed by atoms with van der Waals surface area (Å²) in [5, 5.41) is 3.27. The first-order valence-electron chi connectivity index (χ1n) is 6.86. The minimum absolute atomic E-state index is 0.182. The van der Waals surface area contributed by atoms with Gasteiger partial charge in [-0.1, -0.05) is 0 Å². The summed E-state index contributed by atoms with van der Waals surface area (Å²) in [5.74, 6) is -0.877. The number of H-pyrrole nitrogens is 1. The van der Waals surface area contributed by atoms with Gasteiger partial charge in [-0.25, -0.2) is 13.8 Å². The van der Waals surface area contributed by atoms with Crippen molar-refractivity contribution in [1.82, 2.24) is 15.3 Å². The molecule has 1 aliphatic carbocycles. The van der Waals surface area contributed by atoms with Crippen molar-refractivity contribution in [3.05, 3.63) is 63.3 Å². The predicted molar refractivity (Wildman–Crippen MR) is 73.9 cm³/mol. The van der Waals surface area contributed by atoms with Crippen LogP contribution in [0, 0.1) is 11.6 Å². The number of aromatic amines is 1. The van der Waals surface area contributed by atoms with E-state index in [0.717, 1.165) is 18.9 Å². The zero-order valence-corrected chi connectivity index (χ0v) is 11.3. The number of aromatic nitrogens is 2. The molecule has 2 N–H and O–H groups in total. The van der Waals surface area contributed by atoms with Crippen LogP contribution < -0.4 is 10.9 Å². The molecule has 1 aromatic carbocycles. The van der Waals surface area contributed by atoms with E-state index in [2.05, 4.69) is 15.3 Å². The topological polar surface area (TPSA) is 57.8 Å². The third-order valence-corrected chi connectivity index (χ3v) is 3.29. The van der Waals surface area contributed by atoms with Crippen LogP contribution in [0.1, 0.15) is 29.9 Å². The Balaban J connectivity index is 1.78. The molecule has 2 aromatic rings. The Hall–Kier alpha value is -2.08. The SMILES string of the molecule is O=c1cc(CNC2CC2)nc(Cc2cc(F)cc(F)c2)[nH]1. The summed E-state index contributed by atoms with van der Waals surface area (Å²) < 4.78 is 26.3. The highest BCUT2D eigenvalue weighted by Crippen LogP contribution is 2.19. The zero-order chi connectivity index (χ0) is 14.8. The smallest absolute Gasteiger partial charge is 0.251 e. The molecule has 0 bridgehead atoms. The molecule has 1 aliphatic rings. The maximum absolute atomic E-state index is 13.2. The second-order valence-corrected chi connectivity index (χ2v) is 5.29. The van der Waals surface area contributed by atoms with E-state index in [9.17, 15) is 13.6 Å². The second-order valence-electron chi connectivity index (χ2n) is 5.29. The van der Waals surface area contributed by atoms with Crippen LogP contribution >= 0.6 is 0 Å². The van der Waals surface area contributed by atoms with E-state index in [4.69, 9.17) is 0 Å². The van der Waals surface area contributed by atoms with Gasteiger partial charge in [-0.05, 0) is 30.5 Å². The van der Waals surface area contributed by atoms with E-state index < -0.39 is 11.6 Å². The van der Waals surface area contributed by atoms with Crippen LogP contribution in [0.3, 0.4) is 0 Å². The van der Waals surface area contributed by atoms with E-state index in [1.54, 1.807) is 0 Å². The van der Waals surface area contributed by atoms with Crippen LogP contribution in [0.15, 0.2) is 29.1 Å².